The first-order valence-corrected chi connectivity index (χ1v) is 6.39. The Balaban J connectivity index is 2.19. The summed E-state index contributed by atoms with van der Waals surface area (Å²) in [6.45, 7) is 0. The molecule has 3 aromatic rings. The van der Waals surface area contributed by atoms with Crippen LogP contribution in [0, 0.1) is 0 Å². The maximum atomic E-state index is 10.9. The van der Waals surface area contributed by atoms with Crippen LogP contribution in [0.5, 0.6) is 5.75 Å². The standard InChI is InChI=1S/C16H14N2O3/c1-21-14-4-2-3-13-15(14)12(17)9-18(13)11-7-5-10(6-8-11)16(19)20/h2-9H,17H2,1H3,(H,19,20). The van der Waals surface area contributed by atoms with Crippen LogP contribution in [0.1, 0.15) is 10.4 Å². The molecule has 0 atom stereocenters. The van der Waals surface area contributed by atoms with Gasteiger partial charge in [-0.3, -0.25) is 0 Å². The molecule has 3 N–H and O–H groups in total. The minimum atomic E-state index is -0.944. The quantitative estimate of drug-likeness (QED) is 0.774. The third-order valence-corrected chi connectivity index (χ3v) is 3.43. The number of rotatable bonds is 3. The number of carboxylic acid groups (broad SMARTS) is 1. The number of nitrogens with zero attached hydrogens (tertiary/aromatic N) is 1. The van der Waals surface area contributed by atoms with E-state index in [-0.39, 0.29) is 5.56 Å². The number of benzene rings is 2. The molecule has 0 fully saturated rings. The smallest absolute Gasteiger partial charge is 0.335 e. The summed E-state index contributed by atoms with van der Waals surface area (Å²) in [6.07, 6.45) is 1.81. The highest BCUT2D eigenvalue weighted by molar-refractivity contribution is 5.98. The van der Waals surface area contributed by atoms with E-state index in [1.165, 1.54) is 0 Å². The van der Waals surface area contributed by atoms with Crippen LogP contribution in [0.2, 0.25) is 0 Å². The van der Waals surface area contributed by atoms with E-state index in [0.29, 0.717) is 11.4 Å². The number of aromatic carboxylic acids is 1. The molecule has 0 saturated heterocycles. The van der Waals surface area contributed by atoms with Crippen LogP contribution < -0.4 is 10.5 Å². The van der Waals surface area contributed by atoms with E-state index >= 15 is 0 Å². The van der Waals surface area contributed by atoms with Gasteiger partial charge < -0.3 is 20.1 Å². The summed E-state index contributed by atoms with van der Waals surface area (Å²) in [5.41, 5.74) is 8.69. The Morgan fingerprint density at radius 3 is 2.52 bits per heavy atom. The van der Waals surface area contributed by atoms with Crippen molar-refractivity contribution in [3.8, 4) is 11.4 Å². The summed E-state index contributed by atoms with van der Waals surface area (Å²) in [4.78, 5) is 10.9. The molecule has 0 spiro atoms. The Morgan fingerprint density at radius 1 is 1.19 bits per heavy atom. The lowest BCUT2D eigenvalue weighted by Gasteiger charge is -2.07. The molecule has 0 amide bonds. The number of nitrogen functional groups attached to an aromatic ring is 1. The van der Waals surface area contributed by atoms with Gasteiger partial charge in [0.15, 0.2) is 0 Å². The average Bonchev–Trinajstić information content (AvgIpc) is 2.85. The number of ether oxygens (including phenoxy) is 1. The van der Waals surface area contributed by atoms with Gasteiger partial charge in [-0.05, 0) is 36.4 Å². The number of aromatic nitrogens is 1. The van der Waals surface area contributed by atoms with Crippen molar-refractivity contribution in [1.29, 1.82) is 0 Å². The maximum Gasteiger partial charge on any atom is 0.335 e. The number of anilines is 1. The van der Waals surface area contributed by atoms with Crippen molar-refractivity contribution in [2.75, 3.05) is 12.8 Å². The fourth-order valence-electron chi connectivity index (χ4n) is 2.43. The predicted octanol–water partition coefficient (Wildman–Crippen LogP) is 2.92. The second-order valence-electron chi connectivity index (χ2n) is 4.66. The summed E-state index contributed by atoms with van der Waals surface area (Å²) < 4.78 is 7.25. The van der Waals surface area contributed by atoms with E-state index in [0.717, 1.165) is 16.6 Å². The molecule has 5 heteroatoms. The number of hydrogen-bond donors (Lipinski definition) is 2. The summed E-state index contributed by atoms with van der Waals surface area (Å²) in [7, 11) is 1.60. The van der Waals surface area contributed by atoms with Crippen molar-refractivity contribution in [2.24, 2.45) is 0 Å². The Morgan fingerprint density at radius 2 is 1.90 bits per heavy atom. The van der Waals surface area contributed by atoms with Gasteiger partial charge in [-0.25, -0.2) is 4.79 Å². The lowest BCUT2D eigenvalue weighted by Crippen LogP contribution is -1.97. The van der Waals surface area contributed by atoms with Crippen LogP contribution in [-0.2, 0) is 0 Å². The van der Waals surface area contributed by atoms with E-state index in [4.69, 9.17) is 15.6 Å². The summed E-state index contributed by atoms with van der Waals surface area (Å²) in [5, 5.41) is 9.80. The first-order valence-electron chi connectivity index (χ1n) is 6.39. The van der Waals surface area contributed by atoms with E-state index in [1.807, 2.05) is 29.0 Å². The first-order chi connectivity index (χ1) is 10.1. The second-order valence-corrected chi connectivity index (χ2v) is 4.66. The number of carbonyl (C=O) groups is 1. The number of fused-ring (bicyclic) bond motifs is 1. The molecule has 0 radical (unpaired) electrons. The molecule has 106 valence electrons. The average molecular weight is 282 g/mol. The molecule has 21 heavy (non-hydrogen) atoms. The van der Waals surface area contributed by atoms with Gasteiger partial charge >= 0.3 is 5.97 Å². The Labute approximate surface area is 121 Å². The van der Waals surface area contributed by atoms with E-state index < -0.39 is 5.97 Å². The number of nitrogens with two attached hydrogens (primary N) is 1. The molecule has 2 aromatic carbocycles. The number of carboxylic acids is 1. The Hall–Kier alpha value is -2.95. The molecule has 1 heterocycles. The van der Waals surface area contributed by atoms with Gasteiger partial charge in [0.05, 0.1) is 29.3 Å². The van der Waals surface area contributed by atoms with Crippen LogP contribution in [0.3, 0.4) is 0 Å². The molecular weight excluding hydrogens is 268 g/mol. The molecule has 3 rings (SSSR count). The largest absolute Gasteiger partial charge is 0.496 e. The second kappa shape index (κ2) is 4.86. The minimum Gasteiger partial charge on any atom is -0.496 e. The van der Waals surface area contributed by atoms with Crippen molar-refractivity contribution in [1.82, 2.24) is 4.57 Å². The summed E-state index contributed by atoms with van der Waals surface area (Å²) in [6, 6.07) is 12.3. The SMILES string of the molecule is COc1cccc2c1c(N)cn2-c1ccc(C(=O)O)cc1. The topological polar surface area (TPSA) is 77.5 Å². The van der Waals surface area contributed by atoms with Crippen LogP contribution in [-0.4, -0.2) is 22.8 Å². The molecule has 0 unspecified atom stereocenters. The molecule has 0 aliphatic carbocycles. The first kappa shape index (κ1) is 13.1. The van der Waals surface area contributed by atoms with E-state index in [9.17, 15) is 4.79 Å². The van der Waals surface area contributed by atoms with E-state index in [1.54, 1.807) is 31.4 Å². The van der Waals surface area contributed by atoms with Gasteiger partial charge in [-0.15, -0.1) is 0 Å². The van der Waals surface area contributed by atoms with Crippen LogP contribution in [0.25, 0.3) is 16.6 Å². The minimum absolute atomic E-state index is 0.251. The van der Waals surface area contributed by atoms with Crippen molar-refractivity contribution in [2.45, 2.75) is 0 Å². The normalized spacial score (nSPS) is 10.7. The number of hydrogen-bond acceptors (Lipinski definition) is 3. The Bertz CT molecular complexity index is 819. The predicted molar refractivity (Wildman–Crippen MR) is 81.2 cm³/mol. The maximum absolute atomic E-state index is 10.9. The lowest BCUT2D eigenvalue weighted by molar-refractivity contribution is 0.0697. The highest BCUT2D eigenvalue weighted by atomic mass is 16.5. The highest BCUT2D eigenvalue weighted by Gasteiger charge is 2.12. The van der Waals surface area contributed by atoms with Crippen LogP contribution in [0.4, 0.5) is 5.69 Å². The van der Waals surface area contributed by atoms with Crippen molar-refractivity contribution in [3.63, 3.8) is 0 Å². The van der Waals surface area contributed by atoms with Crippen molar-refractivity contribution < 1.29 is 14.6 Å². The fourth-order valence-corrected chi connectivity index (χ4v) is 2.43. The molecule has 0 bridgehead atoms. The van der Waals surface area contributed by atoms with Gasteiger partial charge in [0, 0.05) is 11.9 Å². The van der Waals surface area contributed by atoms with Gasteiger partial charge in [0.25, 0.3) is 0 Å². The molecule has 0 aliphatic rings. The van der Waals surface area contributed by atoms with E-state index in [2.05, 4.69) is 0 Å². The van der Waals surface area contributed by atoms with Gasteiger partial charge in [-0.1, -0.05) is 6.07 Å². The zero-order chi connectivity index (χ0) is 15.0. The van der Waals surface area contributed by atoms with Gasteiger partial charge in [-0.2, -0.15) is 0 Å². The molecule has 0 aliphatic heterocycles. The lowest BCUT2D eigenvalue weighted by atomic mass is 10.2. The Kier molecular flexibility index (Phi) is 3.02. The van der Waals surface area contributed by atoms with Crippen LogP contribution in [0.15, 0.2) is 48.7 Å². The monoisotopic (exact) mass is 282 g/mol. The third-order valence-electron chi connectivity index (χ3n) is 3.43. The van der Waals surface area contributed by atoms with Crippen molar-refractivity contribution in [3.05, 3.63) is 54.2 Å². The highest BCUT2D eigenvalue weighted by Crippen LogP contribution is 2.33. The zero-order valence-corrected chi connectivity index (χ0v) is 11.4. The van der Waals surface area contributed by atoms with Crippen LogP contribution >= 0.6 is 0 Å². The molecular formula is C16H14N2O3. The number of methoxy groups -OCH3 is 1. The van der Waals surface area contributed by atoms with Gasteiger partial charge in [0.2, 0.25) is 0 Å². The summed E-state index contributed by atoms with van der Waals surface area (Å²) in [5.74, 6) is -0.231. The molecule has 1 aromatic heterocycles. The zero-order valence-electron chi connectivity index (χ0n) is 11.4. The molecule has 0 saturated carbocycles. The van der Waals surface area contributed by atoms with Crippen molar-refractivity contribution >= 4 is 22.6 Å². The summed E-state index contributed by atoms with van der Waals surface area (Å²) >= 11 is 0. The third kappa shape index (κ3) is 2.08. The fraction of sp³-hybridized carbons (Fsp3) is 0.0625. The molecule has 5 nitrogen and oxygen atoms in total. The van der Waals surface area contributed by atoms with Gasteiger partial charge in [0.1, 0.15) is 5.75 Å².